The van der Waals surface area contributed by atoms with E-state index in [1.165, 1.54) is 6.08 Å². The molecule has 4 nitrogen and oxygen atoms in total. The predicted molar refractivity (Wildman–Crippen MR) is 108 cm³/mol. The van der Waals surface area contributed by atoms with Crippen molar-refractivity contribution in [1.82, 2.24) is 0 Å². The van der Waals surface area contributed by atoms with E-state index in [0.29, 0.717) is 0 Å². The summed E-state index contributed by atoms with van der Waals surface area (Å²) in [5.41, 5.74) is 1.69. The van der Waals surface area contributed by atoms with Crippen LogP contribution in [0.5, 0.6) is 0 Å². The molecule has 1 heterocycles. The topological polar surface area (TPSA) is 51.5 Å². The van der Waals surface area contributed by atoms with Gasteiger partial charge in [0, 0.05) is 11.1 Å². The standard InChI is InChI=1S/C20H18Cl3NO3/c1-2-16(26-18(24)20(21,22)23)17-13-25-19(27-17,14-9-5-3-6-10-14)15-11-7-4-8-12-15/h2-12,16-17,24H,1,13H2/t16?,17-/m0/s1. The lowest BCUT2D eigenvalue weighted by molar-refractivity contribution is -0.150. The first kappa shape index (κ1) is 20.2. The molecule has 1 saturated heterocycles. The number of hydrogen-bond acceptors (Lipinski definition) is 4. The van der Waals surface area contributed by atoms with Crippen LogP contribution in [0.1, 0.15) is 11.1 Å². The fourth-order valence-electron chi connectivity index (χ4n) is 2.91. The summed E-state index contributed by atoms with van der Waals surface area (Å²) in [6, 6.07) is 19.2. The average molecular weight is 427 g/mol. The molecule has 0 aromatic heterocycles. The van der Waals surface area contributed by atoms with Crippen molar-refractivity contribution < 1.29 is 14.2 Å². The predicted octanol–water partition coefficient (Wildman–Crippen LogP) is 5.22. The van der Waals surface area contributed by atoms with Gasteiger partial charge in [-0.05, 0) is 6.08 Å². The molecule has 1 fully saturated rings. The van der Waals surface area contributed by atoms with Gasteiger partial charge in [0.15, 0.2) is 0 Å². The van der Waals surface area contributed by atoms with Gasteiger partial charge in [0.1, 0.15) is 12.2 Å². The number of benzene rings is 2. The molecule has 0 amide bonds. The number of nitrogens with one attached hydrogen (secondary N) is 1. The normalized spacial score (nSPS) is 20.0. The first-order chi connectivity index (χ1) is 12.9. The van der Waals surface area contributed by atoms with E-state index in [4.69, 9.17) is 54.4 Å². The van der Waals surface area contributed by atoms with Crippen LogP contribution in [0.25, 0.3) is 0 Å². The molecule has 2 aromatic rings. The molecule has 0 saturated carbocycles. The number of halogens is 3. The van der Waals surface area contributed by atoms with Crippen LogP contribution in [0.3, 0.4) is 0 Å². The van der Waals surface area contributed by atoms with Gasteiger partial charge in [-0.25, -0.2) is 0 Å². The molecular formula is C20H18Cl3NO3. The van der Waals surface area contributed by atoms with Gasteiger partial charge < -0.3 is 14.2 Å². The Morgan fingerprint density at radius 2 is 1.63 bits per heavy atom. The molecule has 2 atom stereocenters. The van der Waals surface area contributed by atoms with E-state index in [1.54, 1.807) is 0 Å². The second-order valence-corrected chi connectivity index (χ2v) is 8.24. The quantitative estimate of drug-likeness (QED) is 0.308. The summed E-state index contributed by atoms with van der Waals surface area (Å²) in [6.45, 7) is 3.96. The van der Waals surface area contributed by atoms with Gasteiger partial charge >= 0.3 is 0 Å². The first-order valence-corrected chi connectivity index (χ1v) is 9.38. The zero-order chi connectivity index (χ0) is 19.5. The van der Waals surface area contributed by atoms with Crippen LogP contribution < -0.4 is 0 Å². The average Bonchev–Trinajstić information content (AvgIpc) is 3.13. The Bertz CT molecular complexity index is 754. The molecular weight excluding hydrogens is 409 g/mol. The summed E-state index contributed by atoms with van der Waals surface area (Å²) >= 11 is 17.1. The molecule has 1 N–H and O–H groups in total. The zero-order valence-corrected chi connectivity index (χ0v) is 16.5. The van der Waals surface area contributed by atoms with E-state index in [-0.39, 0.29) is 6.61 Å². The summed E-state index contributed by atoms with van der Waals surface area (Å²) in [6.07, 6.45) is 0.239. The van der Waals surface area contributed by atoms with Crippen molar-refractivity contribution >= 4 is 40.7 Å². The molecule has 0 bridgehead atoms. The van der Waals surface area contributed by atoms with Gasteiger partial charge in [-0.2, -0.15) is 0 Å². The molecule has 2 aromatic carbocycles. The van der Waals surface area contributed by atoms with Crippen molar-refractivity contribution in [2.45, 2.75) is 21.8 Å². The number of ether oxygens (including phenoxy) is 3. The molecule has 142 valence electrons. The molecule has 1 aliphatic rings. The molecule has 7 heteroatoms. The minimum absolute atomic E-state index is 0.216. The second-order valence-electron chi connectivity index (χ2n) is 5.96. The fraction of sp³-hybridized carbons (Fsp3) is 0.250. The van der Waals surface area contributed by atoms with E-state index < -0.39 is 27.7 Å². The highest BCUT2D eigenvalue weighted by Crippen LogP contribution is 2.42. The molecule has 3 rings (SSSR count). The van der Waals surface area contributed by atoms with Gasteiger partial charge in [0.05, 0.1) is 6.61 Å². The van der Waals surface area contributed by atoms with Crippen LogP contribution in [0.15, 0.2) is 73.3 Å². The van der Waals surface area contributed by atoms with Gasteiger partial charge in [0.2, 0.25) is 11.7 Å². The Morgan fingerprint density at radius 3 is 2.07 bits per heavy atom. The smallest absolute Gasteiger partial charge is 0.265 e. The minimum atomic E-state index is -1.96. The van der Waals surface area contributed by atoms with Crippen molar-refractivity contribution in [3.8, 4) is 0 Å². The first-order valence-electron chi connectivity index (χ1n) is 8.24. The lowest BCUT2D eigenvalue weighted by atomic mass is 9.97. The zero-order valence-electron chi connectivity index (χ0n) is 14.3. The Kier molecular flexibility index (Phi) is 6.14. The fourth-order valence-corrected chi connectivity index (χ4v) is 3.04. The molecule has 0 radical (unpaired) electrons. The number of rotatable bonds is 5. The lowest BCUT2D eigenvalue weighted by Crippen LogP contribution is -2.37. The van der Waals surface area contributed by atoms with Crippen molar-refractivity contribution in [2.75, 3.05) is 6.61 Å². The molecule has 0 spiro atoms. The van der Waals surface area contributed by atoms with E-state index >= 15 is 0 Å². The van der Waals surface area contributed by atoms with Crippen LogP contribution in [-0.4, -0.2) is 28.5 Å². The van der Waals surface area contributed by atoms with Crippen LogP contribution in [-0.2, 0) is 20.0 Å². The van der Waals surface area contributed by atoms with E-state index in [9.17, 15) is 0 Å². The van der Waals surface area contributed by atoms with Crippen molar-refractivity contribution in [1.29, 1.82) is 5.41 Å². The maximum Gasteiger partial charge on any atom is 0.265 e. The van der Waals surface area contributed by atoms with Crippen LogP contribution in [0.4, 0.5) is 0 Å². The highest BCUT2D eigenvalue weighted by atomic mass is 35.6. The summed E-state index contributed by atoms with van der Waals surface area (Å²) in [7, 11) is 0. The maximum atomic E-state index is 7.80. The third-order valence-electron chi connectivity index (χ3n) is 4.19. The third-order valence-corrected chi connectivity index (χ3v) is 4.70. The largest absolute Gasteiger partial charge is 0.468 e. The van der Waals surface area contributed by atoms with Crippen LogP contribution in [0.2, 0.25) is 0 Å². The molecule has 27 heavy (non-hydrogen) atoms. The van der Waals surface area contributed by atoms with Crippen LogP contribution >= 0.6 is 34.8 Å². The summed E-state index contributed by atoms with van der Waals surface area (Å²) < 4.78 is 16.0. The van der Waals surface area contributed by atoms with Crippen molar-refractivity contribution in [2.24, 2.45) is 0 Å². The molecule has 1 aliphatic heterocycles. The van der Waals surface area contributed by atoms with Gasteiger partial charge in [-0.3, -0.25) is 5.41 Å². The Morgan fingerprint density at radius 1 is 1.11 bits per heavy atom. The third kappa shape index (κ3) is 4.31. The summed E-state index contributed by atoms with van der Waals surface area (Å²) in [4.78, 5) is 0. The monoisotopic (exact) mass is 425 g/mol. The van der Waals surface area contributed by atoms with E-state index in [0.717, 1.165) is 11.1 Å². The van der Waals surface area contributed by atoms with Gasteiger partial charge in [-0.1, -0.05) is 102 Å². The Balaban J connectivity index is 1.90. The Hall–Kier alpha value is -1.56. The number of hydrogen-bond donors (Lipinski definition) is 1. The summed E-state index contributed by atoms with van der Waals surface area (Å²) in [5.74, 6) is -1.60. The van der Waals surface area contributed by atoms with Crippen molar-refractivity contribution in [3.63, 3.8) is 0 Å². The highest BCUT2D eigenvalue weighted by Gasteiger charge is 2.48. The van der Waals surface area contributed by atoms with Crippen LogP contribution in [0, 0.1) is 5.41 Å². The van der Waals surface area contributed by atoms with Crippen molar-refractivity contribution in [3.05, 3.63) is 84.4 Å². The summed E-state index contributed by atoms with van der Waals surface area (Å²) in [5, 5.41) is 7.80. The lowest BCUT2D eigenvalue weighted by Gasteiger charge is -2.30. The second kappa shape index (κ2) is 8.21. The van der Waals surface area contributed by atoms with Gasteiger partial charge in [0.25, 0.3) is 3.79 Å². The minimum Gasteiger partial charge on any atom is -0.468 e. The van der Waals surface area contributed by atoms with E-state index in [1.807, 2.05) is 60.7 Å². The number of alkyl halides is 3. The maximum absolute atomic E-state index is 7.80. The van der Waals surface area contributed by atoms with E-state index in [2.05, 4.69) is 6.58 Å². The molecule has 0 aliphatic carbocycles. The highest BCUT2D eigenvalue weighted by molar-refractivity contribution is 6.76. The molecule has 1 unspecified atom stereocenters. The Labute approximate surface area is 173 Å². The SMILES string of the molecule is C=CC(OC(=N)C(Cl)(Cl)Cl)[C@@H]1COC(c2ccccc2)(c2ccccc2)O1. The van der Waals surface area contributed by atoms with Gasteiger partial charge in [-0.15, -0.1) is 0 Å².